The molecule has 2 aromatic heterocycles. The smallest absolute Gasteiger partial charge is 0.316 e. The van der Waals surface area contributed by atoms with Gasteiger partial charge in [-0.25, -0.2) is 0 Å². The zero-order chi connectivity index (χ0) is 17.2. The second kappa shape index (κ2) is 6.85. The molecule has 1 fully saturated rings. The average Bonchev–Trinajstić information content (AvgIpc) is 3.31. The highest BCUT2D eigenvalue weighted by atomic mass is 35.5. The van der Waals surface area contributed by atoms with Crippen molar-refractivity contribution in [2.45, 2.75) is 31.5 Å². The van der Waals surface area contributed by atoms with Crippen molar-refractivity contribution in [2.24, 2.45) is 5.92 Å². The molecule has 3 atom stereocenters. The SMILES string of the molecule is O[C@@H]1CC(Cn2cccn2)C[C@H]1Nc1nnc(-c2cccc(Cl)c2)o1. The van der Waals surface area contributed by atoms with Crippen LogP contribution in [0.3, 0.4) is 0 Å². The van der Waals surface area contributed by atoms with Gasteiger partial charge < -0.3 is 14.8 Å². The Bertz CT molecular complexity index is 835. The average molecular weight is 360 g/mol. The Morgan fingerprint density at radius 1 is 1.28 bits per heavy atom. The van der Waals surface area contributed by atoms with Gasteiger partial charge >= 0.3 is 6.01 Å². The second-order valence-electron chi connectivity index (χ2n) is 6.31. The number of anilines is 1. The molecule has 0 amide bonds. The lowest BCUT2D eigenvalue weighted by Gasteiger charge is -2.14. The Balaban J connectivity index is 1.40. The molecule has 25 heavy (non-hydrogen) atoms. The highest BCUT2D eigenvalue weighted by Gasteiger charge is 2.34. The van der Waals surface area contributed by atoms with Gasteiger partial charge in [0.05, 0.1) is 12.1 Å². The minimum atomic E-state index is -0.456. The maximum Gasteiger partial charge on any atom is 0.316 e. The van der Waals surface area contributed by atoms with E-state index in [-0.39, 0.29) is 6.04 Å². The molecular formula is C17H18ClN5O2. The van der Waals surface area contributed by atoms with Gasteiger partial charge in [-0.3, -0.25) is 4.68 Å². The van der Waals surface area contributed by atoms with Gasteiger partial charge in [0.2, 0.25) is 5.89 Å². The second-order valence-corrected chi connectivity index (χ2v) is 6.74. The highest BCUT2D eigenvalue weighted by Crippen LogP contribution is 2.30. The number of hydrogen-bond donors (Lipinski definition) is 2. The van der Waals surface area contributed by atoms with Crippen molar-refractivity contribution in [1.82, 2.24) is 20.0 Å². The van der Waals surface area contributed by atoms with Gasteiger partial charge in [0.15, 0.2) is 0 Å². The van der Waals surface area contributed by atoms with Crippen molar-refractivity contribution >= 4 is 17.6 Å². The summed E-state index contributed by atoms with van der Waals surface area (Å²) >= 11 is 5.99. The fraction of sp³-hybridized carbons (Fsp3) is 0.353. The van der Waals surface area contributed by atoms with E-state index < -0.39 is 6.10 Å². The van der Waals surface area contributed by atoms with E-state index in [0.717, 1.165) is 18.5 Å². The predicted molar refractivity (Wildman–Crippen MR) is 93.1 cm³/mol. The highest BCUT2D eigenvalue weighted by molar-refractivity contribution is 6.30. The number of nitrogens with one attached hydrogen (secondary N) is 1. The minimum Gasteiger partial charge on any atom is -0.403 e. The summed E-state index contributed by atoms with van der Waals surface area (Å²) in [4.78, 5) is 0. The van der Waals surface area contributed by atoms with Gasteiger partial charge in [-0.2, -0.15) is 5.10 Å². The van der Waals surface area contributed by atoms with Crippen LogP contribution in [0.15, 0.2) is 47.1 Å². The standard InChI is InChI=1S/C17H18ClN5O2/c18-13-4-1-3-12(9-13)16-21-22-17(25-16)20-14-7-11(8-15(14)24)10-23-6-2-5-19-23/h1-6,9,11,14-15,24H,7-8,10H2,(H,20,22)/t11?,14-,15-/m1/s1. The summed E-state index contributed by atoms with van der Waals surface area (Å²) in [6.45, 7) is 0.792. The number of halogens is 1. The Labute approximate surface area is 149 Å². The third kappa shape index (κ3) is 3.67. The molecule has 1 aliphatic carbocycles. The summed E-state index contributed by atoms with van der Waals surface area (Å²) < 4.78 is 7.55. The maximum absolute atomic E-state index is 10.3. The predicted octanol–water partition coefficient (Wildman–Crippen LogP) is 2.84. The number of aromatic nitrogens is 4. The summed E-state index contributed by atoms with van der Waals surface area (Å²) in [5.41, 5.74) is 0.761. The van der Waals surface area contributed by atoms with Gasteiger partial charge in [0.1, 0.15) is 0 Å². The molecule has 1 aromatic carbocycles. The number of benzene rings is 1. The number of hydrogen-bond acceptors (Lipinski definition) is 6. The number of aliphatic hydroxyl groups excluding tert-OH is 1. The van der Waals surface area contributed by atoms with Crippen LogP contribution in [0.25, 0.3) is 11.5 Å². The van der Waals surface area contributed by atoms with Crippen LogP contribution >= 0.6 is 11.6 Å². The summed E-state index contributed by atoms with van der Waals surface area (Å²) in [5, 5.41) is 26.4. The van der Waals surface area contributed by atoms with Gasteiger partial charge in [-0.1, -0.05) is 22.8 Å². The normalized spacial score (nSPS) is 23.0. The molecule has 1 unspecified atom stereocenters. The Morgan fingerprint density at radius 3 is 3.00 bits per heavy atom. The van der Waals surface area contributed by atoms with E-state index in [9.17, 15) is 5.11 Å². The third-order valence-electron chi connectivity index (χ3n) is 4.44. The molecule has 0 bridgehead atoms. The van der Waals surface area contributed by atoms with Gasteiger partial charge in [-0.15, -0.1) is 5.10 Å². The van der Waals surface area contributed by atoms with E-state index in [1.807, 2.05) is 29.1 Å². The van der Waals surface area contributed by atoms with Crippen LogP contribution in [0.4, 0.5) is 6.01 Å². The molecular weight excluding hydrogens is 342 g/mol. The topological polar surface area (TPSA) is 89.0 Å². The summed E-state index contributed by atoms with van der Waals surface area (Å²) in [5.74, 6) is 0.744. The van der Waals surface area contributed by atoms with E-state index in [2.05, 4.69) is 20.6 Å². The first kappa shape index (κ1) is 16.1. The lowest BCUT2D eigenvalue weighted by Crippen LogP contribution is -2.28. The number of nitrogens with zero attached hydrogens (tertiary/aromatic N) is 4. The first-order valence-corrected chi connectivity index (χ1v) is 8.56. The summed E-state index contributed by atoms with van der Waals surface area (Å²) in [6.07, 6.45) is 4.77. The number of rotatable bonds is 5. The molecule has 130 valence electrons. The first-order valence-electron chi connectivity index (χ1n) is 8.19. The largest absolute Gasteiger partial charge is 0.403 e. The zero-order valence-corrected chi connectivity index (χ0v) is 14.2. The fourth-order valence-corrected chi connectivity index (χ4v) is 3.46. The Morgan fingerprint density at radius 2 is 2.20 bits per heavy atom. The Kier molecular flexibility index (Phi) is 4.42. The summed E-state index contributed by atoms with van der Waals surface area (Å²) in [7, 11) is 0. The molecule has 8 heteroatoms. The maximum atomic E-state index is 10.3. The molecule has 0 spiro atoms. The molecule has 4 rings (SSSR count). The molecule has 3 aromatic rings. The fourth-order valence-electron chi connectivity index (χ4n) is 3.27. The van der Waals surface area contributed by atoms with Crippen LogP contribution in [0.1, 0.15) is 12.8 Å². The molecule has 1 saturated carbocycles. The molecule has 1 aliphatic rings. The molecule has 2 N–H and O–H groups in total. The van der Waals surface area contributed by atoms with Gasteiger partial charge in [0, 0.05) is 29.5 Å². The van der Waals surface area contributed by atoms with Gasteiger partial charge in [0.25, 0.3) is 0 Å². The summed E-state index contributed by atoms with van der Waals surface area (Å²) in [6, 6.07) is 9.32. The quantitative estimate of drug-likeness (QED) is 0.728. The molecule has 7 nitrogen and oxygen atoms in total. The minimum absolute atomic E-state index is 0.117. The lowest BCUT2D eigenvalue weighted by molar-refractivity contribution is 0.165. The monoisotopic (exact) mass is 359 g/mol. The lowest BCUT2D eigenvalue weighted by atomic mass is 10.1. The first-order chi connectivity index (χ1) is 12.2. The van der Waals surface area contributed by atoms with Crippen molar-refractivity contribution in [3.8, 4) is 11.5 Å². The molecule has 0 saturated heterocycles. The van der Waals surface area contributed by atoms with Crippen LogP contribution in [-0.4, -0.2) is 37.2 Å². The van der Waals surface area contributed by atoms with E-state index in [0.29, 0.717) is 29.3 Å². The zero-order valence-electron chi connectivity index (χ0n) is 13.4. The Hall–Kier alpha value is -2.38. The molecule has 0 radical (unpaired) electrons. The van der Waals surface area contributed by atoms with E-state index in [1.54, 1.807) is 18.3 Å². The van der Waals surface area contributed by atoms with Gasteiger partial charge in [-0.05, 0) is 43.0 Å². The molecule has 0 aliphatic heterocycles. The van der Waals surface area contributed by atoms with Crippen LogP contribution in [0, 0.1) is 5.92 Å². The van der Waals surface area contributed by atoms with Crippen molar-refractivity contribution < 1.29 is 9.52 Å². The van der Waals surface area contributed by atoms with Crippen molar-refractivity contribution in [1.29, 1.82) is 0 Å². The van der Waals surface area contributed by atoms with Crippen LogP contribution in [0.2, 0.25) is 5.02 Å². The van der Waals surface area contributed by atoms with E-state index in [4.69, 9.17) is 16.0 Å². The van der Waals surface area contributed by atoms with Crippen LogP contribution in [-0.2, 0) is 6.54 Å². The van der Waals surface area contributed by atoms with E-state index in [1.165, 1.54) is 0 Å². The van der Waals surface area contributed by atoms with E-state index >= 15 is 0 Å². The van der Waals surface area contributed by atoms with Crippen molar-refractivity contribution in [3.63, 3.8) is 0 Å². The van der Waals surface area contributed by atoms with Crippen molar-refractivity contribution in [2.75, 3.05) is 5.32 Å². The van der Waals surface area contributed by atoms with Crippen LogP contribution < -0.4 is 5.32 Å². The third-order valence-corrected chi connectivity index (χ3v) is 4.67. The number of aliphatic hydroxyl groups is 1. The van der Waals surface area contributed by atoms with Crippen LogP contribution in [0.5, 0.6) is 0 Å². The van der Waals surface area contributed by atoms with Crippen molar-refractivity contribution in [3.05, 3.63) is 47.7 Å². The molecule has 2 heterocycles.